The molecule has 2 saturated heterocycles. The molecule has 190 valence electrons. The molecule has 4 rings (SSSR count). The van der Waals surface area contributed by atoms with Crippen LogP contribution in [0.15, 0.2) is 58.3 Å². The van der Waals surface area contributed by atoms with E-state index >= 15 is 0 Å². The Morgan fingerprint density at radius 2 is 1.37 bits per heavy atom. The number of ketones is 1. The Hall–Kier alpha value is -2.27. The Labute approximate surface area is 208 Å². The third-order valence-corrected chi connectivity index (χ3v) is 10.7. The second kappa shape index (κ2) is 10.8. The average Bonchev–Trinajstić information content (AvgIpc) is 2.88. The van der Waals surface area contributed by atoms with Gasteiger partial charge >= 0.3 is 0 Å². The monoisotopic (exact) mass is 519 g/mol. The lowest BCUT2D eigenvalue weighted by Crippen LogP contribution is -2.41. The SMILES string of the molecule is CC1CCCCN1S(=O)(=O)c1ccc(NCC(=O)c2ccc(S(=O)(=O)N3CCCCC3)cc2)cc1. The number of nitrogens with one attached hydrogen (secondary N) is 1. The Morgan fingerprint density at radius 1 is 0.800 bits per heavy atom. The number of carbonyl (C=O) groups excluding carboxylic acids is 1. The molecule has 0 bridgehead atoms. The first-order valence-corrected chi connectivity index (χ1v) is 15.1. The highest BCUT2D eigenvalue weighted by Gasteiger charge is 2.31. The van der Waals surface area contributed by atoms with Crippen molar-refractivity contribution in [3.8, 4) is 0 Å². The Kier molecular flexibility index (Phi) is 7.95. The maximum absolute atomic E-state index is 13.0. The van der Waals surface area contributed by atoms with Gasteiger partial charge in [0.25, 0.3) is 0 Å². The number of benzene rings is 2. The minimum absolute atomic E-state index is 0.00742. The number of Topliss-reactive ketones (excluding diaryl/α,β-unsaturated/α-hetero) is 1. The Balaban J connectivity index is 1.36. The van der Waals surface area contributed by atoms with E-state index in [-0.39, 0.29) is 28.2 Å². The second-order valence-electron chi connectivity index (χ2n) is 9.25. The molecule has 0 aromatic heterocycles. The van der Waals surface area contributed by atoms with Crippen molar-refractivity contribution < 1.29 is 21.6 Å². The van der Waals surface area contributed by atoms with Gasteiger partial charge in [-0.15, -0.1) is 0 Å². The van der Waals surface area contributed by atoms with Crippen molar-refractivity contribution >= 4 is 31.5 Å². The summed E-state index contributed by atoms with van der Waals surface area (Å²) in [6, 6.07) is 12.5. The molecule has 1 atom stereocenters. The molecule has 2 fully saturated rings. The van der Waals surface area contributed by atoms with Crippen LogP contribution < -0.4 is 5.32 Å². The van der Waals surface area contributed by atoms with Crippen LogP contribution in [0.1, 0.15) is 55.8 Å². The van der Waals surface area contributed by atoms with Gasteiger partial charge in [0.1, 0.15) is 0 Å². The highest BCUT2D eigenvalue weighted by molar-refractivity contribution is 7.89. The second-order valence-corrected chi connectivity index (χ2v) is 13.1. The van der Waals surface area contributed by atoms with E-state index in [0.717, 1.165) is 38.5 Å². The molecule has 35 heavy (non-hydrogen) atoms. The van der Waals surface area contributed by atoms with Gasteiger partial charge in [0.2, 0.25) is 20.0 Å². The summed E-state index contributed by atoms with van der Waals surface area (Å²) in [6.07, 6.45) is 5.56. The lowest BCUT2D eigenvalue weighted by molar-refractivity contribution is 0.101. The zero-order valence-electron chi connectivity index (χ0n) is 20.0. The Morgan fingerprint density at radius 3 is 2.00 bits per heavy atom. The van der Waals surface area contributed by atoms with E-state index in [2.05, 4.69) is 5.32 Å². The number of nitrogens with zero attached hydrogens (tertiary/aromatic N) is 2. The quantitative estimate of drug-likeness (QED) is 0.533. The molecule has 1 N–H and O–H groups in total. The summed E-state index contributed by atoms with van der Waals surface area (Å²) < 4.78 is 54.6. The highest BCUT2D eigenvalue weighted by Crippen LogP contribution is 2.26. The average molecular weight is 520 g/mol. The number of anilines is 1. The first kappa shape index (κ1) is 25.8. The summed E-state index contributed by atoms with van der Waals surface area (Å²) in [6.45, 7) is 3.55. The number of rotatable bonds is 8. The van der Waals surface area contributed by atoms with Crippen molar-refractivity contribution in [3.05, 3.63) is 54.1 Å². The maximum Gasteiger partial charge on any atom is 0.243 e. The van der Waals surface area contributed by atoms with Crippen LogP contribution in [0.4, 0.5) is 5.69 Å². The first-order chi connectivity index (χ1) is 16.7. The molecule has 8 nitrogen and oxygen atoms in total. The predicted octanol–water partition coefficient (Wildman–Crippen LogP) is 3.72. The summed E-state index contributed by atoms with van der Waals surface area (Å²) >= 11 is 0. The summed E-state index contributed by atoms with van der Waals surface area (Å²) in [5, 5.41) is 3.02. The van der Waals surface area contributed by atoms with Crippen LogP contribution in [-0.2, 0) is 20.0 Å². The molecule has 0 spiro atoms. The van der Waals surface area contributed by atoms with Gasteiger partial charge in [-0.2, -0.15) is 8.61 Å². The van der Waals surface area contributed by atoms with Gasteiger partial charge < -0.3 is 5.32 Å². The van der Waals surface area contributed by atoms with E-state index in [9.17, 15) is 21.6 Å². The molecule has 0 radical (unpaired) electrons. The number of piperidine rings is 2. The first-order valence-electron chi connectivity index (χ1n) is 12.2. The molecule has 2 aromatic rings. The van der Waals surface area contributed by atoms with Gasteiger partial charge in [-0.25, -0.2) is 16.8 Å². The summed E-state index contributed by atoms with van der Waals surface area (Å²) in [7, 11) is -7.07. The molecule has 10 heteroatoms. The summed E-state index contributed by atoms with van der Waals surface area (Å²) in [5.74, 6) is -0.189. The number of hydrogen-bond donors (Lipinski definition) is 1. The standard InChI is InChI=1S/C25H33N3O5S2/c1-20-7-3-6-18-28(20)35(32,33)24-14-10-22(11-15-24)26-19-25(29)21-8-12-23(13-9-21)34(30,31)27-16-4-2-5-17-27/h8-15,20,26H,2-7,16-19H2,1H3. The van der Waals surface area contributed by atoms with Gasteiger partial charge in [-0.05, 0) is 81.1 Å². The normalized spacial score (nSPS) is 20.4. The van der Waals surface area contributed by atoms with Crippen molar-refractivity contribution in [1.82, 2.24) is 8.61 Å². The molecule has 0 amide bonds. The molecule has 2 heterocycles. The minimum atomic E-state index is -3.54. The lowest BCUT2D eigenvalue weighted by atomic mass is 10.1. The van der Waals surface area contributed by atoms with E-state index in [1.54, 1.807) is 28.6 Å². The maximum atomic E-state index is 13.0. The summed E-state index contributed by atoms with van der Waals surface area (Å²) in [4.78, 5) is 13.1. The van der Waals surface area contributed by atoms with Gasteiger partial charge in [-0.3, -0.25) is 4.79 Å². The molecule has 0 saturated carbocycles. The number of carbonyl (C=O) groups is 1. The molecular weight excluding hydrogens is 486 g/mol. The van der Waals surface area contributed by atoms with E-state index < -0.39 is 20.0 Å². The van der Waals surface area contributed by atoms with E-state index in [1.165, 1.54) is 28.6 Å². The third-order valence-electron chi connectivity index (χ3n) is 6.79. The number of sulfonamides is 2. The molecule has 2 aromatic carbocycles. The lowest BCUT2D eigenvalue weighted by Gasteiger charge is -2.32. The van der Waals surface area contributed by atoms with Crippen LogP contribution >= 0.6 is 0 Å². The zero-order valence-corrected chi connectivity index (χ0v) is 21.7. The van der Waals surface area contributed by atoms with E-state index in [4.69, 9.17) is 0 Å². The van der Waals surface area contributed by atoms with Gasteiger partial charge in [0.15, 0.2) is 5.78 Å². The van der Waals surface area contributed by atoms with Gasteiger partial charge in [-0.1, -0.05) is 12.8 Å². The topological polar surface area (TPSA) is 104 Å². The highest BCUT2D eigenvalue weighted by atomic mass is 32.2. The van der Waals surface area contributed by atoms with Crippen LogP contribution in [-0.4, -0.2) is 63.5 Å². The fraction of sp³-hybridized carbons (Fsp3) is 0.480. The molecule has 0 aliphatic carbocycles. The molecule has 2 aliphatic heterocycles. The van der Waals surface area contributed by atoms with Crippen LogP contribution in [0, 0.1) is 0 Å². The third kappa shape index (κ3) is 5.77. The van der Waals surface area contributed by atoms with Crippen molar-refractivity contribution in [3.63, 3.8) is 0 Å². The molecular formula is C25H33N3O5S2. The van der Waals surface area contributed by atoms with E-state index in [1.807, 2.05) is 6.92 Å². The van der Waals surface area contributed by atoms with Gasteiger partial charge in [0.05, 0.1) is 16.3 Å². The molecule has 1 unspecified atom stereocenters. The smallest absolute Gasteiger partial charge is 0.243 e. The van der Waals surface area contributed by atoms with Crippen molar-refractivity contribution in [2.75, 3.05) is 31.5 Å². The van der Waals surface area contributed by atoms with Crippen LogP contribution in [0.2, 0.25) is 0 Å². The van der Waals surface area contributed by atoms with Crippen LogP contribution in [0.25, 0.3) is 0 Å². The Bertz CT molecular complexity index is 1240. The fourth-order valence-electron chi connectivity index (χ4n) is 4.66. The van der Waals surface area contributed by atoms with E-state index in [0.29, 0.717) is 30.9 Å². The van der Waals surface area contributed by atoms with Crippen molar-refractivity contribution in [1.29, 1.82) is 0 Å². The number of hydrogen-bond acceptors (Lipinski definition) is 6. The summed E-state index contributed by atoms with van der Waals surface area (Å²) in [5.41, 5.74) is 1.04. The van der Waals surface area contributed by atoms with Crippen molar-refractivity contribution in [2.45, 2.75) is 61.3 Å². The minimum Gasteiger partial charge on any atom is -0.378 e. The fourth-order valence-corrected chi connectivity index (χ4v) is 7.88. The zero-order chi connectivity index (χ0) is 25.1. The van der Waals surface area contributed by atoms with Crippen molar-refractivity contribution in [2.24, 2.45) is 0 Å². The van der Waals surface area contributed by atoms with Crippen LogP contribution in [0.3, 0.4) is 0 Å². The largest absolute Gasteiger partial charge is 0.378 e. The van der Waals surface area contributed by atoms with Crippen LogP contribution in [0.5, 0.6) is 0 Å². The van der Waals surface area contributed by atoms with Gasteiger partial charge in [0, 0.05) is 36.9 Å². The molecule has 2 aliphatic rings. The predicted molar refractivity (Wildman–Crippen MR) is 136 cm³/mol.